The van der Waals surface area contributed by atoms with Crippen LogP contribution in [-0.4, -0.2) is 68.8 Å². The number of amides is 1. The molecule has 1 saturated heterocycles. The van der Waals surface area contributed by atoms with Gasteiger partial charge in [0, 0.05) is 55.2 Å². The molecule has 0 aliphatic carbocycles. The van der Waals surface area contributed by atoms with E-state index in [4.69, 9.17) is 14.6 Å². The normalized spacial score (nSPS) is 19.2. The van der Waals surface area contributed by atoms with Gasteiger partial charge in [-0.3, -0.25) is 9.48 Å². The Morgan fingerprint density at radius 3 is 2.85 bits per heavy atom. The Balaban J connectivity index is 1.49. The van der Waals surface area contributed by atoms with E-state index in [2.05, 4.69) is 17.0 Å². The van der Waals surface area contributed by atoms with E-state index in [9.17, 15) is 9.18 Å². The lowest BCUT2D eigenvalue weighted by Crippen LogP contribution is -2.26. The summed E-state index contributed by atoms with van der Waals surface area (Å²) in [5.41, 5.74) is 4.30. The zero-order valence-electron chi connectivity index (χ0n) is 19.7. The summed E-state index contributed by atoms with van der Waals surface area (Å²) in [6.07, 6.45) is 7.29. The number of hydrogen-bond donors (Lipinski definition) is 0. The molecule has 180 valence electrons. The third kappa shape index (κ3) is 3.96. The molecule has 34 heavy (non-hydrogen) atoms. The largest absolute Gasteiger partial charge is 0.479 e. The third-order valence-corrected chi connectivity index (χ3v) is 6.90. The monoisotopic (exact) mass is 468 g/mol. The molecule has 3 aromatic rings. The number of pyridine rings is 1. The van der Waals surface area contributed by atoms with Gasteiger partial charge in [-0.2, -0.15) is 10.2 Å². The van der Waals surface area contributed by atoms with Gasteiger partial charge < -0.3 is 14.4 Å². The van der Waals surface area contributed by atoms with Crippen molar-refractivity contribution in [2.75, 3.05) is 33.4 Å². The maximum atomic E-state index is 14.4. The van der Waals surface area contributed by atoms with Crippen molar-refractivity contribution in [3.05, 3.63) is 41.7 Å². The van der Waals surface area contributed by atoms with Gasteiger partial charge in [-0.1, -0.05) is 0 Å². The fourth-order valence-corrected chi connectivity index (χ4v) is 4.91. The summed E-state index contributed by atoms with van der Waals surface area (Å²) in [4.78, 5) is 18.2. The van der Waals surface area contributed by atoms with Crippen molar-refractivity contribution >= 4 is 5.91 Å². The summed E-state index contributed by atoms with van der Waals surface area (Å²) >= 11 is 0. The smallest absolute Gasteiger partial charge is 0.250 e. The van der Waals surface area contributed by atoms with E-state index in [1.165, 1.54) is 13.2 Å². The van der Waals surface area contributed by atoms with Gasteiger partial charge in [0.2, 0.25) is 11.8 Å². The third-order valence-electron chi connectivity index (χ3n) is 6.90. The second-order valence-electron chi connectivity index (χ2n) is 8.83. The van der Waals surface area contributed by atoms with Crippen LogP contribution in [0.5, 0.6) is 5.88 Å². The van der Waals surface area contributed by atoms with Crippen LogP contribution in [0.25, 0.3) is 16.9 Å². The summed E-state index contributed by atoms with van der Waals surface area (Å²) in [6.45, 7) is 6.77. The molecule has 1 amide bonds. The molecule has 5 heterocycles. The zero-order valence-corrected chi connectivity index (χ0v) is 19.7. The number of carbonyl (C=O) groups excluding carboxylic acids is 1. The summed E-state index contributed by atoms with van der Waals surface area (Å²) in [5, 5.41) is 9.50. The van der Waals surface area contributed by atoms with Crippen LogP contribution < -0.4 is 4.74 Å². The van der Waals surface area contributed by atoms with Crippen LogP contribution in [0.15, 0.2) is 24.7 Å². The molecule has 3 aromatic heterocycles. The molecule has 2 unspecified atom stereocenters. The zero-order chi connectivity index (χ0) is 23.8. The van der Waals surface area contributed by atoms with Crippen LogP contribution in [0.4, 0.5) is 4.39 Å². The Labute approximate surface area is 197 Å². The number of fused-ring (bicyclic) bond motifs is 1. The number of methoxy groups -OCH3 is 1. The van der Waals surface area contributed by atoms with Crippen LogP contribution in [0, 0.1) is 11.7 Å². The number of nitrogens with zero attached hydrogens (tertiary/aromatic N) is 6. The van der Waals surface area contributed by atoms with E-state index in [1.807, 2.05) is 28.9 Å². The van der Waals surface area contributed by atoms with Gasteiger partial charge in [0.25, 0.3) is 0 Å². The highest BCUT2D eigenvalue weighted by molar-refractivity contribution is 5.78. The van der Waals surface area contributed by atoms with Gasteiger partial charge >= 0.3 is 0 Å². The number of likely N-dealkylation sites (tertiary alicyclic amines) is 1. The first-order chi connectivity index (χ1) is 16.5. The summed E-state index contributed by atoms with van der Waals surface area (Å²) in [5.74, 6) is -0.162. The molecule has 2 aliphatic heterocycles. The van der Waals surface area contributed by atoms with E-state index in [1.54, 1.807) is 10.9 Å². The summed E-state index contributed by atoms with van der Waals surface area (Å²) in [6, 6.07) is 1.47. The number of hydrogen-bond acceptors (Lipinski definition) is 6. The molecule has 10 heteroatoms. The van der Waals surface area contributed by atoms with Crippen LogP contribution in [0.3, 0.4) is 0 Å². The molecule has 0 saturated carbocycles. The lowest BCUT2D eigenvalue weighted by atomic mass is 10.0. The van der Waals surface area contributed by atoms with E-state index in [-0.39, 0.29) is 23.7 Å². The van der Waals surface area contributed by atoms with E-state index in [0.717, 1.165) is 35.6 Å². The minimum atomic E-state index is -0.537. The van der Waals surface area contributed by atoms with Crippen molar-refractivity contribution in [1.82, 2.24) is 29.4 Å². The van der Waals surface area contributed by atoms with Gasteiger partial charge in [0.1, 0.15) is 0 Å². The molecule has 0 radical (unpaired) electrons. The molecular weight excluding hydrogens is 439 g/mol. The van der Waals surface area contributed by atoms with E-state index in [0.29, 0.717) is 38.2 Å². The number of ether oxygens (including phenoxy) is 2. The Morgan fingerprint density at radius 2 is 2.12 bits per heavy atom. The maximum Gasteiger partial charge on any atom is 0.250 e. The van der Waals surface area contributed by atoms with Crippen molar-refractivity contribution in [1.29, 1.82) is 0 Å². The molecule has 2 atom stereocenters. The Kier molecular flexibility index (Phi) is 6.07. The summed E-state index contributed by atoms with van der Waals surface area (Å²) < 4.78 is 28.8. The fourth-order valence-electron chi connectivity index (χ4n) is 4.91. The lowest BCUT2D eigenvalue weighted by molar-refractivity contribution is -0.127. The van der Waals surface area contributed by atoms with Gasteiger partial charge in [0.05, 0.1) is 55.8 Å². The van der Waals surface area contributed by atoms with E-state index >= 15 is 0 Å². The molecule has 1 fully saturated rings. The fraction of sp³-hybridized carbons (Fsp3) is 0.500. The predicted molar refractivity (Wildman–Crippen MR) is 122 cm³/mol. The SMILES string of the molecule is CCN1CC(C(C)n2cc(-c3nn(-c4cnc(OC)c(F)c4)c4c3CCOCC4)cn2)CC1=O. The van der Waals surface area contributed by atoms with Crippen LogP contribution in [0.2, 0.25) is 0 Å². The van der Waals surface area contributed by atoms with Crippen molar-refractivity contribution in [3.8, 4) is 22.8 Å². The minimum Gasteiger partial charge on any atom is -0.479 e. The summed E-state index contributed by atoms with van der Waals surface area (Å²) in [7, 11) is 1.39. The second kappa shape index (κ2) is 9.17. The molecular formula is C24H29FN6O3. The number of halogens is 1. The molecule has 0 spiro atoms. The van der Waals surface area contributed by atoms with Crippen molar-refractivity contribution in [3.63, 3.8) is 0 Å². The quantitative estimate of drug-likeness (QED) is 0.553. The highest BCUT2D eigenvalue weighted by Crippen LogP contribution is 2.33. The predicted octanol–water partition coefficient (Wildman–Crippen LogP) is 2.82. The number of aromatic nitrogens is 5. The minimum absolute atomic E-state index is 0.0483. The Morgan fingerprint density at radius 1 is 1.29 bits per heavy atom. The van der Waals surface area contributed by atoms with Crippen molar-refractivity contribution in [2.24, 2.45) is 5.92 Å². The molecule has 9 nitrogen and oxygen atoms in total. The molecule has 0 aromatic carbocycles. The first-order valence-corrected chi connectivity index (χ1v) is 11.7. The number of rotatable bonds is 6. The van der Waals surface area contributed by atoms with Gasteiger partial charge in [0.15, 0.2) is 5.82 Å². The maximum absolute atomic E-state index is 14.4. The molecule has 5 rings (SSSR count). The average molecular weight is 469 g/mol. The molecule has 0 bridgehead atoms. The highest BCUT2D eigenvalue weighted by Gasteiger charge is 2.33. The first-order valence-electron chi connectivity index (χ1n) is 11.7. The van der Waals surface area contributed by atoms with Gasteiger partial charge in [-0.05, 0) is 20.3 Å². The average Bonchev–Trinajstić information content (AvgIpc) is 3.51. The van der Waals surface area contributed by atoms with Gasteiger partial charge in [-0.15, -0.1) is 0 Å². The van der Waals surface area contributed by atoms with Crippen LogP contribution in [0.1, 0.15) is 37.6 Å². The van der Waals surface area contributed by atoms with Crippen LogP contribution in [-0.2, 0) is 22.4 Å². The standard InChI is InChI=1S/C24H29FN6O3/c1-4-29-13-16(9-22(29)32)15(2)30-14-17(11-27-30)23-19-5-7-34-8-6-21(19)31(28-23)18-10-20(25)24(33-3)26-12-18/h10-12,14-16H,4-9,13H2,1-3H3. The Bertz CT molecular complexity index is 1210. The lowest BCUT2D eigenvalue weighted by Gasteiger charge is -2.19. The second-order valence-corrected chi connectivity index (χ2v) is 8.83. The van der Waals surface area contributed by atoms with E-state index < -0.39 is 5.82 Å². The molecule has 0 N–H and O–H groups in total. The van der Waals surface area contributed by atoms with Crippen molar-refractivity contribution in [2.45, 2.75) is 39.2 Å². The highest BCUT2D eigenvalue weighted by atomic mass is 19.1. The van der Waals surface area contributed by atoms with Crippen LogP contribution >= 0.6 is 0 Å². The number of carbonyl (C=O) groups is 1. The molecule has 2 aliphatic rings. The van der Waals surface area contributed by atoms with Gasteiger partial charge in [-0.25, -0.2) is 14.1 Å². The van der Waals surface area contributed by atoms with Crippen molar-refractivity contribution < 1.29 is 18.7 Å². The first kappa shape index (κ1) is 22.5. The topological polar surface area (TPSA) is 87.3 Å². The Hall–Kier alpha value is -3.27.